The maximum Gasteiger partial charge on any atom is 0.253 e. The second-order valence-electron chi connectivity index (χ2n) is 4.59. The summed E-state index contributed by atoms with van der Waals surface area (Å²) >= 11 is 0. The van der Waals surface area contributed by atoms with Crippen LogP contribution < -0.4 is 4.74 Å². The summed E-state index contributed by atoms with van der Waals surface area (Å²) in [5.74, 6) is 0.600. The van der Waals surface area contributed by atoms with Crippen molar-refractivity contribution in [3.8, 4) is 5.75 Å². The molecule has 0 radical (unpaired) electrons. The molecule has 0 spiro atoms. The van der Waals surface area contributed by atoms with Crippen LogP contribution in [0.5, 0.6) is 5.75 Å². The van der Waals surface area contributed by atoms with Gasteiger partial charge in [-0.05, 0) is 42.7 Å². The number of nitrogens with zero attached hydrogens (tertiary/aromatic N) is 1. The fourth-order valence-corrected chi connectivity index (χ4v) is 1.59. The lowest BCUT2D eigenvalue weighted by Crippen LogP contribution is -2.22. The largest absolute Gasteiger partial charge is 0.489 e. The Morgan fingerprint density at radius 3 is 2.58 bits per heavy atom. The van der Waals surface area contributed by atoms with Gasteiger partial charge in [-0.15, -0.1) is 0 Å². The number of hydrogen-bond donors (Lipinski definition) is 0. The number of hydrogen-bond acceptors (Lipinski definition) is 2. The van der Waals surface area contributed by atoms with Gasteiger partial charge in [0.2, 0.25) is 0 Å². The van der Waals surface area contributed by atoms with Gasteiger partial charge < -0.3 is 9.64 Å². The topological polar surface area (TPSA) is 29.5 Å². The molecule has 0 aliphatic rings. The van der Waals surface area contributed by atoms with Gasteiger partial charge in [0, 0.05) is 19.7 Å². The van der Waals surface area contributed by atoms with Crippen LogP contribution in [0, 0.1) is 6.92 Å². The molecule has 3 nitrogen and oxygen atoms in total. The van der Waals surface area contributed by atoms with Gasteiger partial charge in [-0.1, -0.05) is 6.92 Å². The van der Waals surface area contributed by atoms with E-state index in [9.17, 15) is 9.18 Å². The van der Waals surface area contributed by atoms with E-state index < -0.39 is 0 Å². The Balaban J connectivity index is 2.80. The summed E-state index contributed by atoms with van der Waals surface area (Å²) in [7, 11) is 3.43. The lowest BCUT2D eigenvalue weighted by atomic mass is 10.1. The second-order valence-corrected chi connectivity index (χ2v) is 4.59. The van der Waals surface area contributed by atoms with Gasteiger partial charge in [-0.25, -0.2) is 4.39 Å². The highest BCUT2D eigenvalue weighted by molar-refractivity contribution is 5.95. The SMILES string of the molecule is CC/C(=C/F)COc1ccc(C(=O)N(C)C)c(C)c1. The fraction of sp³-hybridized carbons (Fsp3) is 0.400. The summed E-state index contributed by atoms with van der Waals surface area (Å²) < 4.78 is 17.9. The third-order valence-electron chi connectivity index (χ3n) is 2.87. The summed E-state index contributed by atoms with van der Waals surface area (Å²) in [6, 6.07) is 5.26. The van der Waals surface area contributed by atoms with Crippen LogP contribution in [0.2, 0.25) is 0 Å². The van der Waals surface area contributed by atoms with Gasteiger partial charge in [0.1, 0.15) is 12.4 Å². The Kier molecular flexibility index (Phi) is 5.55. The van der Waals surface area contributed by atoms with Crippen molar-refractivity contribution in [2.45, 2.75) is 20.3 Å². The average molecular weight is 265 g/mol. The highest BCUT2D eigenvalue weighted by Crippen LogP contribution is 2.19. The quantitative estimate of drug-likeness (QED) is 0.817. The van der Waals surface area contributed by atoms with Gasteiger partial charge in [0.05, 0.1) is 6.33 Å². The van der Waals surface area contributed by atoms with Gasteiger partial charge in [0.15, 0.2) is 0 Å². The van der Waals surface area contributed by atoms with Crippen LogP contribution in [0.3, 0.4) is 0 Å². The molecule has 0 heterocycles. The molecule has 0 aliphatic heterocycles. The summed E-state index contributed by atoms with van der Waals surface area (Å²) in [5, 5.41) is 0. The van der Waals surface area contributed by atoms with Crippen LogP contribution in [-0.4, -0.2) is 31.5 Å². The Morgan fingerprint density at radius 1 is 1.42 bits per heavy atom. The maximum atomic E-state index is 12.4. The minimum absolute atomic E-state index is 0.0399. The van der Waals surface area contributed by atoms with Crippen molar-refractivity contribution in [1.29, 1.82) is 0 Å². The number of ether oxygens (including phenoxy) is 1. The van der Waals surface area contributed by atoms with Crippen molar-refractivity contribution in [2.75, 3.05) is 20.7 Å². The predicted molar refractivity (Wildman–Crippen MR) is 74.2 cm³/mol. The van der Waals surface area contributed by atoms with Crippen molar-refractivity contribution in [1.82, 2.24) is 4.90 Å². The zero-order valence-corrected chi connectivity index (χ0v) is 11.9. The summed E-state index contributed by atoms with van der Waals surface area (Å²) in [5.41, 5.74) is 2.10. The monoisotopic (exact) mass is 265 g/mol. The fourth-order valence-electron chi connectivity index (χ4n) is 1.59. The average Bonchev–Trinajstić information content (AvgIpc) is 2.39. The zero-order valence-electron chi connectivity index (χ0n) is 11.9. The molecule has 1 aromatic carbocycles. The predicted octanol–water partition coefficient (Wildman–Crippen LogP) is 3.34. The number of rotatable bonds is 5. The van der Waals surface area contributed by atoms with Gasteiger partial charge in [-0.3, -0.25) is 4.79 Å². The second kappa shape index (κ2) is 6.92. The van der Waals surface area contributed by atoms with E-state index in [0.29, 0.717) is 29.6 Å². The molecule has 0 fully saturated rings. The van der Waals surface area contributed by atoms with E-state index in [0.717, 1.165) is 5.56 Å². The summed E-state index contributed by atoms with van der Waals surface area (Å²) in [6.45, 7) is 3.96. The molecule has 1 amide bonds. The number of carbonyl (C=O) groups excluding carboxylic acids is 1. The molecule has 19 heavy (non-hydrogen) atoms. The van der Waals surface area contributed by atoms with Gasteiger partial charge in [0.25, 0.3) is 5.91 Å². The molecule has 0 saturated heterocycles. The molecular formula is C15H20FNO2. The third kappa shape index (κ3) is 4.09. The highest BCUT2D eigenvalue weighted by Gasteiger charge is 2.11. The number of aryl methyl sites for hydroxylation is 1. The molecule has 0 aliphatic carbocycles. The maximum absolute atomic E-state index is 12.4. The van der Waals surface area contributed by atoms with Crippen molar-refractivity contribution >= 4 is 5.91 Å². The molecule has 1 aromatic rings. The van der Waals surface area contributed by atoms with Crippen molar-refractivity contribution in [3.05, 3.63) is 41.2 Å². The van der Waals surface area contributed by atoms with Crippen LogP contribution in [0.15, 0.2) is 30.1 Å². The number of carbonyl (C=O) groups is 1. The zero-order chi connectivity index (χ0) is 14.4. The molecule has 4 heteroatoms. The summed E-state index contributed by atoms with van der Waals surface area (Å²) in [4.78, 5) is 13.4. The highest BCUT2D eigenvalue weighted by atomic mass is 19.1. The van der Waals surface area contributed by atoms with Crippen molar-refractivity contribution < 1.29 is 13.9 Å². The van der Waals surface area contributed by atoms with Crippen LogP contribution in [0.1, 0.15) is 29.3 Å². The molecule has 0 saturated carbocycles. The van der Waals surface area contributed by atoms with Crippen LogP contribution >= 0.6 is 0 Å². The van der Waals surface area contributed by atoms with E-state index in [1.165, 1.54) is 4.90 Å². The van der Waals surface area contributed by atoms with Gasteiger partial charge >= 0.3 is 0 Å². The lowest BCUT2D eigenvalue weighted by Gasteiger charge is -2.14. The van der Waals surface area contributed by atoms with E-state index >= 15 is 0 Å². The first-order chi connectivity index (χ1) is 8.99. The van der Waals surface area contributed by atoms with Crippen molar-refractivity contribution in [2.24, 2.45) is 0 Å². The van der Waals surface area contributed by atoms with E-state index in [4.69, 9.17) is 4.74 Å². The smallest absolute Gasteiger partial charge is 0.253 e. The summed E-state index contributed by atoms with van der Waals surface area (Å²) in [6.07, 6.45) is 1.20. The Bertz CT molecular complexity index is 481. The molecule has 0 aromatic heterocycles. The third-order valence-corrected chi connectivity index (χ3v) is 2.87. The minimum atomic E-state index is -0.0399. The van der Waals surface area contributed by atoms with Gasteiger partial charge in [-0.2, -0.15) is 0 Å². The standard InChI is InChI=1S/C15H20FNO2/c1-5-12(9-16)10-19-13-6-7-14(11(2)8-13)15(18)17(3)4/h6-9H,5,10H2,1-4H3/b12-9-. The molecule has 0 atom stereocenters. The number of benzene rings is 1. The molecule has 0 N–H and O–H groups in total. The molecule has 0 bridgehead atoms. The Hall–Kier alpha value is -1.84. The van der Waals surface area contributed by atoms with Crippen molar-refractivity contribution in [3.63, 3.8) is 0 Å². The molecule has 104 valence electrons. The molecule has 0 unspecified atom stereocenters. The number of halogens is 1. The van der Waals surface area contributed by atoms with E-state index in [2.05, 4.69) is 0 Å². The number of amides is 1. The first-order valence-corrected chi connectivity index (χ1v) is 6.22. The van der Waals surface area contributed by atoms with E-state index in [1.54, 1.807) is 32.3 Å². The first-order valence-electron chi connectivity index (χ1n) is 6.22. The van der Waals surface area contributed by atoms with Crippen LogP contribution in [0.25, 0.3) is 0 Å². The van der Waals surface area contributed by atoms with Crippen LogP contribution in [-0.2, 0) is 0 Å². The molecular weight excluding hydrogens is 245 g/mol. The van der Waals surface area contributed by atoms with Crippen LogP contribution in [0.4, 0.5) is 4.39 Å². The minimum Gasteiger partial charge on any atom is -0.489 e. The lowest BCUT2D eigenvalue weighted by molar-refractivity contribution is 0.0827. The van der Waals surface area contributed by atoms with E-state index in [1.807, 2.05) is 13.8 Å². The normalized spacial score (nSPS) is 11.3. The Labute approximate surface area is 113 Å². The van der Waals surface area contributed by atoms with E-state index in [-0.39, 0.29) is 12.5 Å². The Morgan fingerprint density at radius 2 is 2.11 bits per heavy atom. The molecule has 1 rings (SSSR count). The first kappa shape index (κ1) is 15.2.